The van der Waals surface area contributed by atoms with Crippen molar-refractivity contribution < 1.29 is 9.18 Å². The second kappa shape index (κ2) is 7.21. The molecule has 0 saturated carbocycles. The van der Waals surface area contributed by atoms with Gasteiger partial charge in [0.05, 0.1) is 5.69 Å². The maximum atomic E-state index is 13.6. The van der Waals surface area contributed by atoms with Crippen LogP contribution in [-0.2, 0) is 5.41 Å². The number of benzene rings is 2. The van der Waals surface area contributed by atoms with Crippen LogP contribution < -0.4 is 10.6 Å². The molecule has 0 spiro atoms. The molecule has 3 rings (SSSR count). The lowest BCUT2D eigenvalue weighted by molar-refractivity contribution is 0.262. The van der Waals surface area contributed by atoms with Gasteiger partial charge in [0, 0.05) is 5.56 Å². The highest BCUT2D eigenvalue weighted by Gasteiger charge is 2.15. The molecule has 0 fully saturated rings. The molecule has 134 valence electrons. The minimum absolute atomic E-state index is 0.0805. The van der Waals surface area contributed by atoms with Crippen molar-refractivity contribution in [2.24, 2.45) is 0 Å². The molecule has 0 aliphatic heterocycles. The van der Waals surface area contributed by atoms with E-state index in [1.807, 2.05) is 12.1 Å². The molecule has 7 heteroatoms. The van der Waals surface area contributed by atoms with Gasteiger partial charge >= 0.3 is 6.03 Å². The molecule has 0 bridgehead atoms. The topological polar surface area (TPSA) is 66.9 Å². The fraction of sp³-hybridized carbons (Fsp3) is 0.211. The molecule has 0 aliphatic carbocycles. The van der Waals surface area contributed by atoms with E-state index in [9.17, 15) is 9.18 Å². The van der Waals surface area contributed by atoms with Gasteiger partial charge in [-0.15, -0.1) is 10.2 Å². The van der Waals surface area contributed by atoms with Crippen LogP contribution in [0.25, 0.3) is 10.6 Å². The van der Waals surface area contributed by atoms with Crippen molar-refractivity contribution in [2.45, 2.75) is 26.2 Å². The van der Waals surface area contributed by atoms with Crippen molar-refractivity contribution in [1.82, 2.24) is 10.2 Å². The van der Waals surface area contributed by atoms with Gasteiger partial charge in [0.15, 0.2) is 0 Å². The molecule has 0 aliphatic rings. The summed E-state index contributed by atoms with van der Waals surface area (Å²) in [5.41, 5.74) is 2.34. The van der Waals surface area contributed by atoms with Crippen LogP contribution in [0.15, 0.2) is 48.5 Å². The predicted molar refractivity (Wildman–Crippen MR) is 103 cm³/mol. The Balaban J connectivity index is 1.68. The number of carbonyl (C=O) groups excluding carboxylic acids is 1. The summed E-state index contributed by atoms with van der Waals surface area (Å²) in [5.74, 6) is -0.500. The monoisotopic (exact) mass is 370 g/mol. The van der Waals surface area contributed by atoms with Crippen LogP contribution in [0.2, 0.25) is 0 Å². The molecule has 2 N–H and O–H groups in total. The van der Waals surface area contributed by atoms with Crippen LogP contribution in [0.1, 0.15) is 26.3 Å². The van der Waals surface area contributed by atoms with E-state index in [4.69, 9.17) is 0 Å². The number of hydrogen-bond acceptors (Lipinski definition) is 4. The van der Waals surface area contributed by atoms with E-state index >= 15 is 0 Å². The molecule has 1 heterocycles. The van der Waals surface area contributed by atoms with Gasteiger partial charge in [-0.2, -0.15) is 0 Å². The number of aromatic nitrogens is 2. The Bertz CT molecular complexity index is 916. The SMILES string of the molecule is CC(C)(C)c1ccc(-c2nnc(NC(=O)Nc3ccccc3F)s2)cc1. The van der Waals surface area contributed by atoms with Crippen LogP contribution in [-0.4, -0.2) is 16.2 Å². The maximum absolute atomic E-state index is 13.6. The Morgan fingerprint density at radius 3 is 2.35 bits per heavy atom. The Labute approximate surface area is 155 Å². The van der Waals surface area contributed by atoms with Crippen molar-refractivity contribution in [3.05, 3.63) is 59.9 Å². The van der Waals surface area contributed by atoms with E-state index < -0.39 is 11.8 Å². The average Bonchev–Trinajstić information content (AvgIpc) is 3.05. The third-order valence-corrected chi connectivity index (χ3v) is 4.65. The van der Waals surface area contributed by atoms with E-state index in [0.717, 1.165) is 5.56 Å². The highest BCUT2D eigenvalue weighted by Crippen LogP contribution is 2.29. The number of urea groups is 1. The number of para-hydroxylation sites is 1. The Hall–Kier alpha value is -2.80. The number of amides is 2. The van der Waals surface area contributed by atoms with Crippen molar-refractivity contribution in [2.75, 3.05) is 10.6 Å². The van der Waals surface area contributed by atoms with E-state index in [2.05, 4.69) is 53.7 Å². The molecule has 2 amide bonds. The largest absolute Gasteiger partial charge is 0.325 e. The summed E-state index contributed by atoms with van der Waals surface area (Å²) in [6.07, 6.45) is 0. The minimum atomic E-state index is -0.569. The quantitative estimate of drug-likeness (QED) is 0.659. The molecule has 1 aromatic heterocycles. The number of hydrogen-bond donors (Lipinski definition) is 2. The Morgan fingerprint density at radius 1 is 1.00 bits per heavy atom. The van der Waals surface area contributed by atoms with Gasteiger partial charge in [0.2, 0.25) is 5.13 Å². The van der Waals surface area contributed by atoms with Crippen molar-refractivity contribution in [3.8, 4) is 10.6 Å². The summed E-state index contributed by atoms with van der Waals surface area (Å²) < 4.78 is 13.6. The molecule has 0 unspecified atom stereocenters. The zero-order valence-corrected chi connectivity index (χ0v) is 15.5. The van der Waals surface area contributed by atoms with Crippen molar-refractivity contribution in [3.63, 3.8) is 0 Å². The van der Waals surface area contributed by atoms with Crippen LogP contribution in [0, 0.1) is 5.82 Å². The van der Waals surface area contributed by atoms with E-state index in [-0.39, 0.29) is 11.1 Å². The zero-order valence-electron chi connectivity index (χ0n) is 14.7. The molecule has 5 nitrogen and oxygen atoms in total. The Morgan fingerprint density at radius 2 is 1.69 bits per heavy atom. The van der Waals surface area contributed by atoms with E-state index in [1.165, 1.54) is 29.0 Å². The van der Waals surface area contributed by atoms with Crippen molar-refractivity contribution in [1.29, 1.82) is 0 Å². The predicted octanol–water partition coefficient (Wildman–Crippen LogP) is 5.29. The van der Waals surface area contributed by atoms with Crippen LogP contribution in [0.3, 0.4) is 0 Å². The van der Waals surface area contributed by atoms with Gasteiger partial charge in [0.1, 0.15) is 10.8 Å². The van der Waals surface area contributed by atoms with Crippen LogP contribution in [0.4, 0.5) is 20.0 Å². The fourth-order valence-electron chi connectivity index (χ4n) is 2.32. The summed E-state index contributed by atoms with van der Waals surface area (Å²) >= 11 is 1.25. The first-order chi connectivity index (χ1) is 12.3. The van der Waals surface area contributed by atoms with Gasteiger partial charge in [0.25, 0.3) is 0 Å². The second-order valence-corrected chi connectivity index (χ2v) is 7.78. The van der Waals surface area contributed by atoms with E-state index in [1.54, 1.807) is 12.1 Å². The lowest BCUT2D eigenvalue weighted by atomic mass is 9.87. The number of halogens is 1. The zero-order chi connectivity index (χ0) is 18.7. The Kier molecular flexibility index (Phi) is 4.99. The lowest BCUT2D eigenvalue weighted by Crippen LogP contribution is -2.19. The fourth-order valence-corrected chi connectivity index (χ4v) is 3.06. The smallest absolute Gasteiger partial charge is 0.305 e. The van der Waals surface area contributed by atoms with Gasteiger partial charge in [-0.3, -0.25) is 5.32 Å². The third kappa shape index (κ3) is 4.23. The standard InChI is InChI=1S/C19H19FN4OS/c1-19(2,3)13-10-8-12(9-11-13)16-23-24-18(26-16)22-17(25)21-15-7-5-4-6-14(15)20/h4-11H,1-3H3,(H2,21,22,24,25). The molecule has 26 heavy (non-hydrogen) atoms. The van der Waals surface area contributed by atoms with Gasteiger partial charge in [-0.1, -0.05) is 68.5 Å². The average molecular weight is 370 g/mol. The summed E-state index contributed by atoms with van der Waals surface area (Å²) in [5, 5.41) is 14.1. The lowest BCUT2D eigenvalue weighted by Gasteiger charge is -2.18. The number of nitrogens with one attached hydrogen (secondary N) is 2. The van der Waals surface area contributed by atoms with Crippen molar-refractivity contribution >= 4 is 28.2 Å². The summed E-state index contributed by atoms with van der Waals surface area (Å²) in [4.78, 5) is 12.0. The summed E-state index contributed by atoms with van der Waals surface area (Å²) in [6.45, 7) is 6.47. The van der Waals surface area contributed by atoms with Gasteiger partial charge in [-0.05, 0) is 23.1 Å². The molecular formula is C19H19FN4OS. The highest BCUT2D eigenvalue weighted by molar-refractivity contribution is 7.18. The molecule has 0 radical (unpaired) electrons. The molecule has 3 aromatic rings. The minimum Gasteiger partial charge on any atom is -0.305 e. The van der Waals surface area contributed by atoms with E-state index in [0.29, 0.717) is 10.1 Å². The van der Waals surface area contributed by atoms with Crippen LogP contribution in [0.5, 0.6) is 0 Å². The third-order valence-electron chi connectivity index (χ3n) is 3.77. The number of carbonyl (C=O) groups is 1. The number of rotatable bonds is 3. The molecule has 0 saturated heterocycles. The summed E-state index contributed by atoms with van der Waals surface area (Å²) in [7, 11) is 0. The maximum Gasteiger partial charge on any atom is 0.325 e. The number of anilines is 2. The molecule has 2 aromatic carbocycles. The molecular weight excluding hydrogens is 351 g/mol. The van der Waals surface area contributed by atoms with Gasteiger partial charge in [-0.25, -0.2) is 9.18 Å². The first-order valence-corrected chi connectivity index (χ1v) is 8.91. The van der Waals surface area contributed by atoms with Crippen LogP contribution >= 0.6 is 11.3 Å². The first-order valence-electron chi connectivity index (χ1n) is 8.10. The second-order valence-electron chi connectivity index (χ2n) is 6.80. The summed E-state index contributed by atoms with van der Waals surface area (Å²) in [6, 6.07) is 13.5. The van der Waals surface area contributed by atoms with Gasteiger partial charge < -0.3 is 5.32 Å². The highest BCUT2D eigenvalue weighted by atomic mass is 32.1. The normalized spacial score (nSPS) is 11.2. The number of nitrogens with zero attached hydrogens (tertiary/aromatic N) is 2. The molecule has 0 atom stereocenters. The first kappa shape index (κ1) is 18.0.